The summed E-state index contributed by atoms with van der Waals surface area (Å²) in [6, 6.07) is 6.97. The van der Waals surface area contributed by atoms with E-state index in [1.165, 1.54) is 0 Å². The number of nitrogens with zero attached hydrogens (tertiary/aromatic N) is 3. The average molecular weight is 290 g/mol. The number of aromatic nitrogens is 2. The molecule has 0 saturated carbocycles. The van der Waals surface area contributed by atoms with Gasteiger partial charge in [0.05, 0.1) is 23.4 Å². The van der Waals surface area contributed by atoms with Gasteiger partial charge in [-0.1, -0.05) is 11.6 Å². The fraction of sp³-hybridized carbons (Fsp3) is 0.214. The van der Waals surface area contributed by atoms with E-state index in [-0.39, 0.29) is 6.42 Å². The fourth-order valence-corrected chi connectivity index (χ4v) is 2.26. The summed E-state index contributed by atoms with van der Waals surface area (Å²) >= 11 is 5.96. The summed E-state index contributed by atoms with van der Waals surface area (Å²) in [6.07, 6.45) is -0.0971. The first-order valence-corrected chi connectivity index (χ1v) is 6.28. The zero-order chi connectivity index (χ0) is 14.9. The Balaban J connectivity index is 2.63. The van der Waals surface area contributed by atoms with Crippen LogP contribution in [0.25, 0.3) is 5.69 Å². The number of carboxylic acid groups (broad SMARTS) is 1. The van der Waals surface area contributed by atoms with Gasteiger partial charge < -0.3 is 5.11 Å². The number of aliphatic carboxylic acids is 1. The van der Waals surface area contributed by atoms with Gasteiger partial charge in [-0.3, -0.25) is 4.79 Å². The molecule has 0 aliphatic rings. The van der Waals surface area contributed by atoms with Gasteiger partial charge in [0.25, 0.3) is 0 Å². The monoisotopic (exact) mass is 289 g/mol. The van der Waals surface area contributed by atoms with E-state index in [9.17, 15) is 4.79 Å². The molecule has 2 aromatic rings. The number of carboxylic acids is 1. The summed E-state index contributed by atoms with van der Waals surface area (Å²) in [5.74, 6) is -0.914. The predicted molar refractivity (Wildman–Crippen MR) is 74.1 cm³/mol. The number of benzene rings is 1. The fourth-order valence-electron chi connectivity index (χ4n) is 2.09. The summed E-state index contributed by atoms with van der Waals surface area (Å²) in [5, 5.41) is 22.9. The van der Waals surface area contributed by atoms with E-state index in [4.69, 9.17) is 22.0 Å². The summed E-state index contributed by atoms with van der Waals surface area (Å²) < 4.78 is 1.57. The van der Waals surface area contributed by atoms with E-state index in [0.717, 1.165) is 0 Å². The predicted octanol–water partition coefficient (Wildman–Crippen LogP) is 2.64. The van der Waals surface area contributed by atoms with Crippen LogP contribution >= 0.6 is 11.6 Å². The van der Waals surface area contributed by atoms with Crippen molar-refractivity contribution in [3.8, 4) is 11.8 Å². The van der Waals surface area contributed by atoms with Gasteiger partial charge >= 0.3 is 5.97 Å². The lowest BCUT2D eigenvalue weighted by Gasteiger charge is -2.07. The molecule has 0 aliphatic carbocycles. The van der Waals surface area contributed by atoms with Crippen molar-refractivity contribution in [2.45, 2.75) is 20.3 Å². The van der Waals surface area contributed by atoms with Crippen LogP contribution in [0.1, 0.15) is 22.5 Å². The molecule has 1 N–H and O–H groups in total. The molecule has 0 bridgehead atoms. The molecule has 0 amide bonds. The zero-order valence-electron chi connectivity index (χ0n) is 11.0. The van der Waals surface area contributed by atoms with Crippen LogP contribution in [0.4, 0.5) is 0 Å². The van der Waals surface area contributed by atoms with Gasteiger partial charge in [-0.25, -0.2) is 4.68 Å². The highest BCUT2D eigenvalue weighted by Gasteiger charge is 2.17. The van der Waals surface area contributed by atoms with Crippen LogP contribution in [0.5, 0.6) is 0 Å². The lowest BCUT2D eigenvalue weighted by molar-refractivity contribution is -0.136. The molecule has 1 heterocycles. The topological polar surface area (TPSA) is 78.9 Å². The largest absolute Gasteiger partial charge is 0.481 e. The Morgan fingerprint density at radius 2 is 2.20 bits per heavy atom. The maximum atomic E-state index is 10.9. The smallest absolute Gasteiger partial charge is 0.307 e. The Morgan fingerprint density at radius 3 is 2.80 bits per heavy atom. The van der Waals surface area contributed by atoms with Gasteiger partial charge in [-0.05, 0) is 32.0 Å². The van der Waals surface area contributed by atoms with Crippen LogP contribution in [0.3, 0.4) is 0 Å². The zero-order valence-corrected chi connectivity index (χ0v) is 11.8. The Bertz CT molecular complexity index is 729. The van der Waals surface area contributed by atoms with E-state index < -0.39 is 5.97 Å². The molecule has 0 saturated heterocycles. The van der Waals surface area contributed by atoms with Crippen molar-refractivity contribution < 1.29 is 9.90 Å². The Kier molecular flexibility index (Phi) is 3.77. The van der Waals surface area contributed by atoms with Crippen LogP contribution in [0.15, 0.2) is 18.2 Å². The van der Waals surface area contributed by atoms with Crippen LogP contribution in [0, 0.1) is 25.2 Å². The van der Waals surface area contributed by atoms with Crippen molar-refractivity contribution in [1.29, 1.82) is 5.26 Å². The standard InChI is InChI=1S/C14H12ClN3O2/c1-8-12(6-14(19)20)9(2)18(17-8)13-5-11(15)4-3-10(13)7-16/h3-5H,6H2,1-2H3,(H,19,20). The molecule has 0 atom stereocenters. The molecule has 0 unspecified atom stereocenters. The van der Waals surface area contributed by atoms with Gasteiger partial charge in [0.2, 0.25) is 0 Å². The summed E-state index contributed by atoms with van der Waals surface area (Å²) in [6.45, 7) is 3.53. The van der Waals surface area contributed by atoms with E-state index in [1.807, 2.05) is 0 Å². The second-order valence-electron chi connectivity index (χ2n) is 4.40. The number of hydrogen-bond acceptors (Lipinski definition) is 3. The highest BCUT2D eigenvalue weighted by atomic mass is 35.5. The third-order valence-corrected chi connectivity index (χ3v) is 3.31. The van der Waals surface area contributed by atoms with Crippen molar-refractivity contribution in [2.75, 3.05) is 0 Å². The highest BCUT2D eigenvalue weighted by Crippen LogP contribution is 2.23. The minimum Gasteiger partial charge on any atom is -0.481 e. The van der Waals surface area contributed by atoms with Gasteiger partial charge in [0, 0.05) is 16.3 Å². The maximum absolute atomic E-state index is 10.9. The second-order valence-corrected chi connectivity index (χ2v) is 4.84. The van der Waals surface area contributed by atoms with Crippen molar-refractivity contribution in [3.63, 3.8) is 0 Å². The normalized spacial score (nSPS) is 10.3. The number of aryl methyl sites for hydroxylation is 1. The average Bonchev–Trinajstić information content (AvgIpc) is 2.66. The SMILES string of the molecule is Cc1nn(-c2cc(Cl)ccc2C#N)c(C)c1CC(=O)O. The van der Waals surface area contributed by atoms with E-state index >= 15 is 0 Å². The molecule has 1 aromatic carbocycles. The molecule has 6 heteroatoms. The maximum Gasteiger partial charge on any atom is 0.307 e. The molecule has 0 spiro atoms. The summed E-state index contributed by atoms with van der Waals surface area (Å²) in [5.41, 5.74) is 2.97. The molecule has 102 valence electrons. The summed E-state index contributed by atoms with van der Waals surface area (Å²) in [7, 11) is 0. The van der Waals surface area contributed by atoms with Gasteiger partial charge in [0.15, 0.2) is 0 Å². The molecule has 0 fully saturated rings. The second kappa shape index (κ2) is 5.35. The van der Waals surface area contributed by atoms with Crippen LogP contribution in [0.2, 0.25) is 5.02 Å². The molecular formula is C14H12ClN3O2. The van der Waals surface area contributed by atoms with Crippen molar-refractivity contribution in [1.82, 2.24) is 9.78 Å². The number of carbonyl (C=O) groups is 1. The third kappa shape index (κ3) is 2.51. The molecule has 1 aromatic heterocycles. The van der Waals surface area contributed by atoms with E-state index in [0.29, 0.717) is 33.2 Å². The van der Waals surface area contributed by atoms with Crippen molar-refractivity contribution in [3.05, 3.63) is 45.7 Å². The highest BCUT2D eigenvalue weighted by molar-refractivity contribution is 6.30. The number of hydrogen-bond donors (Lipinski definition) is 1. The van der Waals surface area contributed by atoms with Gasteiger partial charge in [-0.15, -0.1) is 0 Å². The first kappa shape index (κ1) is 14.1. The van der Waals surface area contributed by atoms with Crippen LogP contribution in [-0.2, 0) is 11.2 Å². The minimum atomic E-state index is -0.914. The molecule has 2 rings (SSSR count). The Hall–Kier alpha value is -2.32. The van der Waals surface area contributed by atoms with Gasteiger partial charge in [0.1, 0.15) is 6.07 Å². The minimum absolute atomic E-state index is 0.0971. The lowest BCUT2D eigenvalue weighted by atomic mass is 10.1. The quantitative estimate of drug-likeness (QED) is 0.942. The van der Waals surface area contributed by atoms with E-state index in [2.05, 4.69) is 11.2 Å². The molecule has 20 heavy (non-hydrogen) atoms. The molecular weight excluding hydrogens is 278 g/mol. The number of nitriles is 1. The summed E-state index contributed by atoms with van der Waals surface area (Å²) in [4.78, 5) is 10.9. The Labute approximate surface area is 121 Å². The first-order valence-electron chi connectivity index (χ1n) is 5.91. The third-order valence-electron chi connectivity index (χ3n) is 3.08. The lowest BCUT2D eigenvalue weighted by Crippen LogP contribution is -2.04. The van der Waals surface area contributed by atoms with E-state index in [1.54, 1.807) is 36.7 Å². The Morgan fingerprint density at radius 1 is 1.50 bits per heavy atom. The van der Waals surface area contributed by atoms with Crippen molar-refractivity contribution in [2.24, 2.45) is 0 Å². The molecule has 0 aliphatic heterocycles. The number of halogens is 1. The first-order chi connectivity index (χ1) is 9.43. The molecule has 0 radical (unpaired) electrons. The van der Waals surface area contributed by atoms with Gasteiger partial charge in [-0.2, -0.15) is 10.4 Å². The number of rotatable bonds is 3. The van der Waals surface area contributed by atoms with Crippen molar-refractivity contribution >= 4 is 17.6 Å². The van der Waals surface area contributed by atoms with Crippen LogP contribution in [-0.4, -0.2) is 20.9 Å². The van der Waals surface area contributed by atoms with Crippen LogP contribution < -0.4 is 0 Å². The molecule has 5 nitrogen and oxygen atoms in total.